The first-order valence-corrected chi connectivity index (χ1v) is 5.34. The summed E-state index contributed by atoms with van der Waals surface area (Å²) in [6, 6.07) is 6.84. The minimum absolute atomic E-state index is 0.0197. The molecular formula is C9H9NO2S. The SMILES string of the molecule is CC1=C(N)S(=O)(=O)c2ccccc21. The third-order valence-corrected chi connectivity index (χ3v) is 4.06. The van der Waals surface area contributed by atoms with Crippen molar-refractivity contribution in [3.05, 3.63) is 34.9 Å². The van der Waals surface area contributed by atoms with Gasteiger partial charge in [0.15, 0.2) is 0 Å². The summed E-state index contributed by atoms with van der Waals surface area (Å²) in [5.74, 6) is 0. The number of nitrogens with two attached hydrogens (primary N) is 1. The predicted molar refractivity (Wildman–Crippen MR) is 50.4 cm³/mol. The smallest absolute Gasteiger partial charge is 0.222 e. The molecule has 0 unspecified atom stereocenters. The molecule has 68 valence electrons. The van der Waals surface area contributed by atoms with E-state index in [1.807, 2.05) is 0 Å². The van der Waals surface area contributed by atoms with Crippen LogP contribution in [0.1, 0.15) is 12.5 Å². The first kappa shape index (κ1) is 8.31. The van der Waals surface area contributed by atoms with E-state index in [0.717, 1.165) is 5.56 Å². The van der Waals surface area contributed by atoms with Crippen LogP contribution in [0.5, 0.6) is 0 Å². The molecule has 0 radical (unpaired) electrons. The molecule has 0 amide bonds. The summed E-state index contributed by atoms with van der Waals surface area (Å²) >= 11 is 0. The summed E-state index contributed by atoms with van der Waals surface area (Å²) in [5, 5.41) is -0.0197. The van der Waals surface area contributed by atoms with Gasteiger partial charge in [0, 0.05) is 0 Å². The molecule has 0 spiro atoms. The van der Waals surface area contributed by atoms with Crippen molar-refractivity contribution in [3.8, 4) is 0 Å². The van der Waals surface area contributed by atoms with Crippen LogP contribution in [0.2, 0.25) is 0 Å². The monoisotopic (exact) mass is 195 g/mol. The minimum Gasteiger partial charge on any atom is -0.389 e. The van der Waals surface area contributed by atoms with Gasteiger partial charge in [-0.3, -0.25) is 0 Å². The highest BCUT2D eigenvalue weighted by Gasteiger charge is 2.30. The first-order valence-electron chi connectivity index (χ1n) is 3.86. The zero-order chi connectivity index (χ0) is 9.64. The summed E-state index contributed by atoms with van der Waals surface area (Å²) < 4.78 is 23.2. The fourth-order valence-corrected chi connectivity index (χ4v) is 2.98. The third kappa shape index (κ3) is 0.920. The molecule has 0 aromatic heterocycles. The quantitative estimate of drug-likeness (QED) is 0.674. The van der Waals surface area contributed by atoms with Gasteiger partial charge in [0.1, 0.15) is 5.03 Å². The highest BCUT2D eigenvalue weighted by atomic mass is 32.2. The maximum Gasteiger partial charge on any atom is 0.222 e. The molecule has 1 heterocycles. The second kappa shape index (κ2) is 2.35. The van der Waals surface area contributed by atoms with Crippen molar-refractivity contribution in [2.45, 2.75) is 11.8 Å². The topological polar surface area (TPSA) is 60.2 Å². The van der Waals surface area contributed by atoms with E-state index in [1.54, 1.807) is 31.2 Å². The van der Waals surface area contributed by atoms with Crippen molar-refractivity contribution in [2.75, 3.05) is 0 Å². The van der Waals surface area contributed by atoms with Gasteiger partial charge in [-0.15, -0.1) is 0 Å². The van der Waals surface area contributed by atoms with Gasteiger partial charge in [-0.1, -0.05) is 18.2 Å². The van der Waals surface area contributed by atoms with Gasteiger partial charge < -0.3 is 5.73 Å². The maximum absolute atomic E-state index is 11.6. The minimum atomic E-state index is -3.38. The van der Waals surface area contributed by atoms with E-state index < -0.39 is 9.84 Å². The van der Waals surface area contributed by atoms with Crippen LogP contribution in [-0.2, 0) is 9.84 Å². The van der Waals surface area contributed by atoms with Crippen LogP contribution in [0.15, 0.2) is 34.2 Å². The van der Waals surface area contributed by atoms with Crippen LogP contribution in [-0.4, -0.2) is 8.42 Å². The molecule has 1 aromatic rings. The molecule has 4 heteroatoms. The lowest BCUT2D eigenvalue weighted by molar-refractivity contribution is 0.603. The number of fused-ring (bicyclic) bond motifs is 1. The molecule has 1 aliphatic rings. The van der Waals surface area contributed by atoms with E-state index in [9.17, 15) is 8.42 Å². The van der Waals surface area contributed by atoms with Crippen molar-refractivity contribution in [1.29, 1.82) is 0 Å². The van der Waals surface area contributed by atoms with E-state index in [-0.39, 0.29) is 5.03 Å². The standard InChI is InChI=1S/C9H9NO2S/c1-6-7-4-2-3-5-8(7)13(11,12)9(6)10/h2-5H,10H2,1H3. The molecule has 1 aromatic carbocycles. The Labute approximate surface area is 76.8 Å². The Balaban J connectivity index is 2.90. The van der Waals surface area contributed by atoms with E-state index >= 15 is 0 Å². The summed E-state index contributed by atoms with van der Waals surface area (Å²) in [7, 11) is -3.38. The molecule has 13 heavy (non-hydrogen) atoms. The van der Waals surface area contributed by atoms with Crippen LogP contribution in [0.4, 0.5) is 0 Å². The Kier molecular flexibility index (Phi) is 1.51. The molecule has 0 fully saturated rings. The molecule has 1 aliphatic heterocycles. The van der Waals surface area contributed by atoms with Gasteiger partial charge in [-0.05, 0) is 24.1 Å². The van der Waals surface area contributed by atoms with E-state index in [2.05, 4.69) is 0 Å². The number of hydrogen-bond acceptors (Lipinski definition) is 3. The average molecular weight is 195 g/mol. The number of allylic oxidation sites excluding steroid dienone is 1. The lowest BCUT2D eigenvalue weighted by Gasteiger charge is -1.97. The molecule has 3 nitrogen and oxygen atoms in total. The predicted octanol–water partition coefficient (Wildman–Crippen LogP) is 1.12. The second-order valence-electron chi connectivity index (χ2n) is 2.99. The van der Waals surface area contributed by atoms with Crippen molar-refractivity contribution in [2.24, 2.45) is 5.73 Å². The fraction of sp³-hybridized carbons (Fsp3) is 0.111. The van der Waals surface area contributed by atoms with Gasteiger partial charge >= 0.3 is 0 Å². The third-order valence-electron chi connectivity index (χ3n) is 2.24. The zero-order valence-electron chi connectivity index (χ0n) is 7.11. The number of sulfone groups is 1. The molecule has 0 saturated carbocycles. The van der Waals surface area contributed by atoms with Gasteiger partial charge in [0.2, 0.25) is 9.84 Å². The Morgan fingerprint density at radius 3 is 2.46 bits per heavy atom. The number of benzene rings is 1. The number of rotatable bonds is 0. The Morgan fingerprint density at radius 2 is 1.85 bits per heavy atom. The summed E-state index contributed by atoms with van der Waals surface area (Å²) in [6.45, 7) is 1.72. The molecule has 0 aliphatic carbocycles. The molecule has 0 atom stereocenters. The van der Waals surface area contributed by atoms with Crippen molar-refractivity contribution in [1.82, 2.24) is 0 Å². The lowest BCUT2D eigenvalue weighted by Crippen LogP contribution is -2.08. The van der Waals surface area contributed by atoms with Crippen molar-refractivity contribution < 1.29 is 8.42 Å². The van der Waals surface area contributed by atoms with E-state index in [1.165, 1.54) is 0 Å². The van der Waals surface area contributed by atoms with Crippen LogP contribution in [0, 0.1) is 0 Å². The van der Waals surface area contributed by atoms with Gasteiger partial charge in [0.05, 0.1) is 4.90 Å². The van der Waals surface area contributed by atoms with Crippen LogP contribution >= 0.6 is 0 Å². The highest BCUT2D eigenvalue weighted by Crippen LogP contribution is 2.35. The van der Waals surface area contributed by atoms with Crippen LogP contribution < -0.4 is 5.73 Å². The zero-order valence-corrected chi connectivity index (χ0v) is 7.93. The molecular weight excluding hydrogens is 186 g/mol. The largest absolute Gasteiger partial charge is 0.389 e. The van der Waals surface area contributed by atoms with E-state index in [4.69, 9.17) is 5.73 Å². The Hall–Kier alpha value is -1.29. The van der Waals surface area contributed by atoms with Crippen LogP contribution in [0.25, 0.3) is 5.57 Å². The molecule has 0 saturated heterocycles. The van der Waals surface area contributed by atoms with Crippen molar-refractivity contribution >= 4 is 15.4 Å². The molecule has 2 N–H and O–H groups in total. The Morgan fingerprint density at radius 1 is 1.23 bits per heavy atom. The van der Waals surface area contributed by atoms with Crippen molar-refractivity contribution in [3.63, 3.8) is 0 Å². The highest BCUT2D eigenvalue weighted by molar-refractivity contribution is 7.95. The van der Waals surface area contributed by atoms with E-state index in [0.29, 0.717) is 10.5 Å². The number of hydrogen-bond donors (Lipinski definition) is 1. The van der Waals surface area contributed by atoms with Crippen LogP contribution in [0.3, 0.4) is 0 Å². The lowest BCUT2D eigenvalue weighted by atomic mass is 10.1. The maximum atomic E-state index is 11.6. The molecule has 2 rings (SSSR count). The summed E-state index contributed by atoms with van der Waals surface area (Å²) in [5.41, 5.74) is 6.87. The fourth-order valence-electron chi connectivity index (χ4n) is 1.46. The normalized spacial score (nSPS) is 18.8. The second-order valence-corrected chi connectivity index (χ2v) is 4.88. The summed E-state index contributed by atoms with van der Waals surface area (Å²) in [4.78, 5) is 0.324. The van der Waals surface area contributed by atoms with Gasteiger partial charge in [0.25, 0.3) is 0 Å². The van der Waals surface area contributed by atoms with Gasteiger partial charge in [-0.2, -0.15) is 0 Å². The first-order chi connectivity index (χ1) is 6.05. The average Bonchev–Trinajstić information content (AvgIpc) is 2.30. The molecule has 0 bridgehead atoms. The Bertz CT molecular complexity index is 500. The van der Waals surface area contributed by atoms with Gasteiger partial charge in [-0.25, -0.2) is 8.42 Å². The summed E-state index contributed by atoms with van der Waals surface area (Å²) in [6.07, 6.45) is 0.